The zero-order valence-corrected chi connectivity index (χ0v) is 14.1. The van der Waals surface area contributed by atoms with Crippen molar-refractivity contribution < 1.29 is 0 Å². The minimum atomic E-state index is -0.113. The summed E-state index contributed by atoms with van der Waals surface area (Å²) in [6, 6.07) is 13.2. The first-order chi connectivity index (χ1) is 12.3. The molecule has 6 nitrogen and oxygen atoms in total. The van der Waals surface area contributed by atoms with E-state index in [9.17, 15) is 4.79 Å². The van der Waals surface area contributed by atoms with Crippen LogP contribution >= 0.6 is 11.8 Å². The fraction of sp³-hybridized carbons (Fsp3) is 0.111. The van der Waals surface area contributed by atoms with Crippen molar-refractivity contribution in [3.05, 3.63) is 82.9 Å². The molecule has 3 aromatic heterocycles. The zero-order valence-electron chi connectivity index (χ0n) is 13.3. The summed E-state index contributed by atoms with van der Waals surface area (Å²) in [6.45, 7) is 0.658. The summed E-state index contributed by atoms with van der Waals surface area (Å²) < 4.78 is 2.03. The van der Waals surface area contributed by atoms with Crippen LogP contribution < -0.4 is 5.56 Å². The summed E-state index contributed by atoms with van der Waals surface area (Å²) in [6.07, 6.45) is 5.47. The van der Waals surface area contributed by atoms with Crippen LogP contribution in [0.15, 0.2) is 71.0 Å². The Morgan fingerprint density at radius 2 is 1.92 bits per heavy atom. The van der Waals surface area contributed by atoms with E-state index in [1.165, 1.54) is 11.8 Å². The Hall–Kier alpha value is -2.93. The van der Waals surface area contributed by atoms with Gasteiger partial charge in [-0.3, -0.25) is 9.78 Å². The average Bonchev–Trinajstić information content (AvgIpc) is 3.08. The van der Waals surface area contributed by atoms with Gasteiger partial charge in [-0.25, -0.2) is 9.97 Å². The topological polar surface area (TPSA) is 76.5 Å². The number of aromatic nitrogens is 5. The van der Waals surface area contributed by atoms with E-state index in [0.717, 1.165) is 10.9 Å². The van der Waals surface area contributed by atoms with Crippen LogP contribution in [0.5, 0.6) is 0 Å². The number of benzene rings is 1. The smallest absolute Gasteiger partial charge is 0.258 e. The molecular formula is C18H15N5OS. The molecule has 0 aliphatic carbocycles. The monoisotopic (exact) mass is 349 g/mol. The molecule has 0 atom stereocenters. The first-order valence-electron chi connectivity index (χ1n) is 7.81. The highest BCUT2D eigenvalue weighted by Gasteiger charge is 2.08. The number of imidazole rings is 1. The fourth-order valence-electron chi connectivity index (χ4n) is 2.56. The first kappa shape index (κ1) is 15.6. The molecule has 0 amide bonds. The van der Waals surface area contributed by atoms with E-state index in [1.54, 1.807) is 18.5 Å². The molecule has 4 aromatic rings. The van der Waals surface area contributed by atoms with E-state index >= 15 is 0 Å². The second kappa shape index (κ2) is 6.90. The van der Waals surface area contributed by atoms with Gasteiger partial charge in [-0.1, -0.05) is 30.0 Å². The SMILES string of the molecule is O=c1[nH]c(CSc2nccn2Cc2ccccn2)nc2ccccc12. The molecule has 0 fully saturated rings. The maximum Gasteiger partial charge on any atom is 0.258 e. The van der Waals surface area contributed by atoms with E-state index < -0.39 is 0 Å². The summed E-state index contributed by atoms with van der Waals surface area (Å²) >= 11 is 1.53. The van der Waals surface area contributed by atoms with Crippen LogP contribution in [0.1, 0.15) is 11.5 Å². The summed E-state index contributed by atoms with van der Waals surface area (Å²) in [5.41, 5.74) is 1.57. The molecule has 124 valence electrons. The van der Waals surface area contributed by atoms with Gasteiger partial charge in [-0.2, -0.15) is 0 Å². The van der Waals surface area contributed by atoms with E-state index in [2.05, 4.69) is 19.9 Å². The number of aromatic amines is 1. The minimum absolute atomic E-state index is 0.113. The van der Waals surface area contributed by atoms with Crippen molar-refractivity contribution in [3.8, 4) is 0 Å². The lowest BCUT2D eigenvalue weighted by atomic mass is 10.2. The first-order valence-corrected chi connectivity index (χ1v) is 8.80. The summed E-state index contributed by atoms with van der Waals surface area (Å²) in [5.74, 6) is 1.18. The van der Waals surface area contributed by atoms with Gasteiger partial charge in [0.2, 0.25) is 0 Å². The van der Waals surface area contributed by atoms with Gasteiger partial charge in [0.05, 0.1) is 28.9 Å². The summed E-state index contributed by atoms with van der Waals surface area (Å²) in [5, 5.41) is 1.47. The second-order valence-electron chi connectivity index (χ2n) is 5.48. The Balaban J connectivity index is 1.53. The number of hydrogen-bond acceptors (Lipinski definition) is 5. The predicted octanol–water partition coefficient (Wildman–Crippen LogP) is 2.86. The predicted molar refractivity (Wildman–Crippen MR) is 97.5 cm³/mol. The van der Waals surface area contributed by atoms with Gasteiger partial charge < -0.3 is 9.55 Å². The van der Waals surface area contributed by atoms with E-state index in [0.29, 0.717) is 29.0 Å². The Labute approximate surface area is 148 Å². The van der Waals surface area contributed by atoms with Gasteiger partial charge in [0.25, 0.3) is 5.56 Å². The third-order valence-electron chi connectivity index (χ3n) is 3.74. The second-order valence-corrected chi connectivity index (χ2v) is 6.42. The van der Waals surface area contributed by atoms with E-state index in [-0.39, 0.29) is 5.56 Å². The molecule has 0 bridgehead atoms. The van der Waals surface area contributed by atoms with Gasteiger partial charge in [0.1, 0.15) is 5.82 Å². The third-order valence-corrected chi connectivity index (χ3v) is 4.75. The molecule has 0 saturated heterocycles. The number of fused-ring (bicyclic) bond motifs is 1. The van der Waals surface area contributed by atoms with Crippen LogP contribution in [0.25, 0.3) is 10.9 Å². The minimum Gasteiger partial charge on any atom is -0.320 e. The number of nitrogens with zero attached hydrogens (tertiary/aromatic N) is 4. The highest BCUT2D eigenvalue weighted by atomic mass is 32.2. The van der Waals surface area contributed by atoms with Gasteiger partial charge in [0, 0.05) is 18.6 Å². The van der Waals surface area contributed by atoms with Crippen LogP contribution in [0, 0.1) is 0 Å². The Morgan fingerprint density at radius 1 is 1.04 bits per heavy atom. The molecular weight excluding hydrogens is 334 g/mol. The Morgan fingerprint density at radius 3 is 2.80 bits per heavy atom. The molecule has 0 aliphatic heterocycles. The highest BCUT2D eigenvalue weighted by Crippen LogP contribution is 2.20. The number of para-hydroxylation sites is 1. The maximum absolute atomic E-state index is 12.1. The number of hydrogen-bond donors (Lipinski definition) is 1. The number of pyridine rings is 1. The van der Waals surface area contributed by atoms with Crippen molar-refractivity contribution in [3.63, 3.8) is 0 Å². The summed E-state index contributed by atoms with van der Waals surface area (Å²) in [4.78, 5) is 28.2. The van der Waals surface area contributed by atoms with Crippen molar-refractivity contribution in [1.82, 2.24) is 24.5 Å². The van der Waals surface area contributed by atoms with Gasteiger partial charge in [0.15, 0.2) is 5.16 Å². The van der Waals surface area contributed by atoms with Gasteiger partial charge in [-0.15, -0.1) is 0 Å². The van der Waals surface area contributed by atoms with Crippen LogP contribution in [0.3, 0.4) is 0 Å². The number of H-pyrrole nitrogens is 1. The van der Waals surface area contributed by atoms with Crippen LogP contribution in [-0.4, -0.2) is 24.5 Å². The van der Waals surface area contributed by atoms with Gasteiger partial charge in [-0.05, 0) is 24.3 Å². The molecule has 7 heteroatoms. The zero-order chi connectivity index (χ0) is 17.1. The number of thioether (sulfide) groups is 1. The average molecular weight is 349 g/mol. The molecule has 0 spiro atoms. The molecule has 0 unspecified atom stereocenters. The summed E-state index contributed by atoms with van der Waals surface area (Å²) in [7, 11) is 0. The Kier molecular flexibility index (Phi) is 4.30. The van der Waals surface area contributed by atoms with Crippen LogP contribution in [0.2, 0.25) is 0 Å². The fourth-order valence-corrected chi connectivity index (χ4v) is 3.39. The van der Waals surface area contributed by atoms with Crippen LogP contribution in [-0.2, 0) is 12.3 Å². The lowest BCUT2D eigenvalue weighted by molar-refractivity contribution is 0.693. The lowest BCUT2D eigenvalue weighted by Crippen LogP contribution is -2.11. The molecule has 0 aliphatic rings. The van der Waals surface area contributed by atoms with Crippen molar-refractivity contribution in [2.24, 2.45) is 0 Å². The van der Waals surface area contributed by atoms with Crippen LogP contribution in [0.4, 0.5) is 0 Å². The number of rotatable bonds is 5. The van der Waals surface area contributed by atoms with E-state index in [4.69, 9.17) is 0 Å². The van der Waals surface area contributed by atoms with Crippen molar-refractivity contribution in [2.45, 2.75) is 17.5 Å². The molecule has 25 heavy (non-hydrogen) atoms. The number of nitrogens with one attached hydrogen (secondary N) is 1. The standard InChI is InChI=1S/C18H15N5OS/c24-17-14-6-1-2-7-15(14)21-16(22-17)12-25-18-20-9-10-23(18)11-13-5-3-4-8-19-13/h1-10H,11-12H2,(H,21,22,24). The van der Waals surface area contributed by atoms with E-state index in [1.807, 2.05) is 47.2 Å². The lowest BCUT2D eigenvalue weighted by Gasteiger charge is -2.07. The maximum atomic E-state index is 12.1. The normalized spacial score (nSPS) is 11.0. The van der Waals surface area contributed by atoms with Crippen molar-refractivity contribution in [2.75, 3.05) is 0 Å². The van der Waals surface area contributed by atoms with Gasteiger partial charge >= 0.3 is 0 Å². The molecule has 3 heterocycles. The third kappa shape index (κ3) is 3.46. The van der Waals surface area contributed by atoms with Crippen molar-refractivity contribution in [1.29, 1.82) is 0 Å². The Bertz CT molecular complexity index is 1060. The molecule has 4 rings (SSSR count). The molecule has 0 radical (unpaired) electrons. The highest BCUT2D eigenvalue weighted by molar-refractivity contribution is 7.98. The molecule has 1 N–H and O–H groups in total. The van der Waals surface area contributed by atoms with Crippen molar-refractivity contribution >= 4 is 22.7 Å². The quantitative estimate of drug-likeness (QED) is 0.561. The largest absolute Gasteiger partial charge is 0.320 e. The molecule has 1 aromatic carbocycles. The molecule has 0 saturated carbocycles.